The Hall–Kier alpha value is -5.63. The molecule has 1 saturated carbocycles. The zero-order chi connectivity index (χ0) is 31.4. The summed E-state index contributed by atoms with van der Waals surface area (Å²) in [5, 5.41) is 29.1. The molecule has 0 amide bonds. The van der Waals surface area contributed by atoms with E-state index < -0.39 is 120 Å². The molecule has 0 N–H and O–H groups in total. The number of hydrogen-bond donors (Lipinski definition) is 0. The fourth-order valence-electron chi connectivity index (χ4n) is 3.91. The summed E-state index contributed by atoms with van der Waals surface area (Å²) in [6.45, 7) is 0.795. The van der Waals surface area contributed by atoms with Crippen molar-refractivity contribution >= 4 is 16.7 Å². The van der Waals surface area contributed by atoms with Gasteiger partial charge in [-0.05, 0) is 6.92 Å². The Morgan fingerprint density at radius 1 is 0.429 bits per heavy atom. The molecule has 210 valence electrons. The van der Waals surface area contributed by atoms with E-state index in [9.17, 15) is 64.1 Å². The molecule has 3 aromatic heterocycles. The summed E-state index contributed by atoms with van der Waals surface area (Å²) in [6.07, 6.45) is 0. The van der Waals surface area contributed by atoms with Crippen molar-refractivity contribution < 1.29 is 48.3 Å². The Balaban J connectivity index is 2.32. The van der Waals surface area contributed by atoms with E-state index in [0.717, 1.165) is 25.1 Å². The SMILES string of the molecule is Cc1nc(F)c(F)c(/C(C#N)=C2/C(=C(C#N)c3c(F)c(F)nc(F)c3F)/C2=C(/C#N)c2c(F)c(F)nc(F)c2F)c1F. The van der Waals surface area contributed by atoms with Crippen LogP contribution in [0.3, 0.4) is 0 Å². The molecule has 0 unspecified atom stereocenters. The summed E-state index contributed by atoms with van der Waals surface area (Å²) >= 11 is 0. The van der Waals surface area contributed by atoms with E-state index in [2.05, 4.69) is 15.0 Å². The lowest BCUT2D eigenvalue weighted by Crippen LogP contribution is -2.06. The largest absolute Gasteiger partial charge is 0.252 e. The van der Waals surface area contributed by atoms with Crippen LogP contribution in [0.4, 0.5) is 48.3 Å². The Morgan fingerprint density at radius 2 is 0.667 bits per heavy atom. The number of allylic oxidation sites excluding steroid dienone is 6. The van der Waals surface area contributed by atoms with E-state index in [1.165, 1.54) is 0 Å². The van der Waals surface area contributed by atoms with Crippen LogP contribution in [0, 0.1) is 106 Å². The molecule has 0 bridgehead atoms. The smallest absolute Gasteiger partial charge is 0.219 e. The quantitative estimate of drug-likeness (QED) is 0.210. The minimum atomic E-state index is -2.35. The number of hydrogen-bond acceptors (Lipinski definition) is 6. The second-order valence-corrected chi connectivity index (χ2v) is 7.97. The summed E-state index contributed by atoms with van der Waals surface area (Å²) in [4.78, 5) is 7.43. The van der Waals surface area contributed by atoms with Crippen LogP contribution in [0.25, 0.3) is 16.7 Å². The third-order valence-electron chi connectivity index (χ3n) is 5.72. The predicted molar refractivity (Wildman–Crippen MR) is 115 cm³/mol. The van der Waals surface area contributed by atoms with Gasteiger partial charge in [0.2, 0.25) is 5.95 Å². The van der Waals surface area contributed by atoms with Crippen molar-refractivity contribution in [1.29, 1.82) is 15.8 Å². The van der Waals surface area contributed by atoms with E-state index in [4.69, 9.17) is 0 Å². The third-order valence-corrected chi connectivity index (χ3v) is 5.72. The Morgan fingerprint density at radius 3 is 0.929 bits per heavy atom. The highest BCUT2D eigenvalue weighted by Crippen LogP contribution is 2.57. The maximum absolute atomic E-state index is 14.9. The van der Waals surface area contributed by atoms with Gasteiger partial charge in [0, 0.05) is 16.7 Å². The van der Waals surface area contributed by atoms with Crippen molar-refractivity contribution in [2.24, 2.45) is 0 Å². The summed E-state index contributed by atoms with van der Waals surface area (Å²) < 4.78 is 158. The Labute approximate surface area is 225 Å². The van der Waals surface area contributed by atoms with Gasteiger partial charge in [-0.15, -0.1) is 0 Å². The highest BCUT2D eigenvalue weighted by molar-refractivity contribution is 6.12. The first kappa shape index (κ1) is 29.4. The maximum atomic E-state index is 14.9. The lowest BCUT2D eigenvalue weighted by atomic mass is 10.0. The van der Waals surface area contributed by atoms with Gasteiger partial charge in [-0.25, -0.2) is 31.3 Å². The molecule has 0 atom stereocenters. The molecule has 0 saturated heterocycles. The molecule has 0 radical (unpaired) electrons. The summed E-state index contributed by atoms with van der Waals surface area (Å²) in [5.74, 6) is -24.6. The van der Waals surface area contributed by atoms with Crippen LogP contribution in [-0.2, 0) is 0 Å². The number of nitrogens with zero attached hydrogens (tertiary/aromatic N) is 6. The standard InChI is InChI=1S/C25H3F11N6/c1-5-15(26)12(16(27)21(32)40-5)6(2-37)9-10(7(3-38)13-17(28)22(33)41-23(34)18(13)29)11(9)8(4-39)14-19(30)24(35)42-25(36)20(14)31/h1H3/b9-6-,10-7?,11-8-. The first-order chi connectivity index (χ1) is 19.7. The van der Waals surface area contributed by atoms with Gasteiger partial charge < -0.3 is 0 Å². The normalized spacial score (nSPS) is 15.9. The van der Waals surface area contributed by atoms with Gasteiger partial charge in [0.1, 0.15) is 18.2 Å². The summed E-state index contributed by atoms with van der Waals surface area (Å²) in [7, 11) is 0. The van der Waals surface area contributed by atoms with E-state index >= 15 is 0 Å². The van der Waals surface area contributed by atoms with Gasteiger partial charge in [0.25, 0.3) is 23.8 Å². The van der Waals surface area contributed by atoms with Gasteiger partial charge in [-0.1, -0.05) is 0 Å². The molecule has 1 aliphatic rings. The van der Waals surface area contributed by atoms with E-state index in [0.29, 0.717) is 0 Å². The number of aromatic nitrogens is 3. The van der Waals surface area contributed by atoms with Crippen molar-refractivity contribution in [3.63, 3.8) is 0 Å². The van der Waals surface area contributed by atoms with Crippen LogP contribution >= 0.6 is 0 Å². The maximum Gasteiger partial charge on any atom is 0.252 e. The van der Waals surface area contributed by atoms with E-state index in [-0.39, 0.29) is 0 Å². The van der Waals surface area contributed by atoms with Crippen LogP contribution in [0.15, 0.2) is 16.7 Å². The molecule has 3 aromatic rings. The molecule has 0 aliphatic heterocycles. The van der Waals surface area contributed by atoms with E-state index in [1.807, 2.05) is 0 Å². The molecule has 4 rings (SSSR count). The molecule has 17 heteroatoms. The highest BCUT2D eigenvalue weighted by atomic mass is 19.2. The highest BCUT2D eigenvalue weighted by Gasteiger charge is 2.45. The molecule has 0 spiro atoms. The zero-order valence-electron chi connectivity index (χ0n) is 19.8. The average molecular weight is 596 g/mol. The van der Waals surface area contributed by atoms with E-state index in [1.54, 1.807) is 0 Å². The fraction of sp³-hybridized carbons (Fsp3) is 0.0400. The molecular weight excluding hydrogens is 593 g/mol. The minimum Gasteiger partial charge on any atom is -0.219 e. The molecule has 1 fully saturated rings. The predicted octanol–water partition coefficient (Wildman–Crippen LogP) is 5.96. The minimum absolute atomic E-state index is 0.795. The number of aryl methyl sites for hydroxylation is 1. The lowest BCUT2D eigenvalue weighted by molar-refractivity contribution is 0.404. The first-order valence-corrected chi connectivity index (χ1v) is 10.6. The van der Waals surface area contributed by atoms with Gasteiger partial charge in [-0.2, -0.15) is 47.7 Å². The number of halogens is 11. The van der Waals surface area contributed by atoms with Gasteiger partial charge in [-0.3, -0.25) is 0 Å². The molecular formula is C25H3F11N6. The lowest BCUT2D eigenvalue weighted by Gasteiger charge is -2.06. The van der Waals surface area contributed by atoms with Gasteiger partial charge in [0.05, 0.1) is 39.1 Å². The van der Waals surface area contributed by atoms with Crippen molar-refractivity contribution in [2.45, 2.75) is 6.92 Å². The van der Waals surface area contributed by atoms with Crippen molar-refractivity contribution in [3.05, 3.63) is 104 Å². The summed E-state index contributed by atoms with van der Waals surface area (Å²) in [6, 6.07) is 3.30. The molecule has 42 heavy (non-hydrogen) atoms. The average Bonchev–Trinajstić information content (AvgIpc) is 3.66. The van der Waals surface area contributed by atoms with Crippen molar-refractivity contribution in [1.82, 2.24) is 15.0 Å². The first-order valence-electron chi connectivity index (χ1n) is 10.6. The number of pyridine rings is 3. The summed E-state index contributed by atoms with van der Waals surface area (Å²) in [5.41, 5.74) is -14.2. The Kier molecular flexibility index (Phi) is 7.27. The van der Waals surface area contributed by atoms with Crippen LogP contribution in [0.1, 0.15) is 22.4 Å². The second kappa shape index (κ2) is 10.4. The molecule has 1 aliphatic carbocycles. The molecule has 0 aromatic carbocycles. The topological polar surface area (TPSA) is 110 Å². The van der Waals surface area contributed by atoms with Gasteiger partial charge >= 0.3 is 0 Å². The van der Waals surface area contributed by atoms with Crippen LogP contribution in [0.2, 0.25) is 0 Å². The van der Waals surface area contributed by atoms with Crippen LogP contribution < -0.4 is 0 Å². The number of nitriles is 3. The van der Waals surface area contributed by atoms with Gasteiger partial charge in [0.15, 0.2) is 34.9 Å². The van der Waals surface area contributed by atoms with Crippen molar-refractivity contribution in [3.8, 4) is 18.2 Å². The third kappa shape index (κ3) is 4.30. The van der Waals surface area contributed by atoms with Crippen LogP contribution in [-0.4, -0.2) is 15.0 Å². The number of rotatable bonds is 3. The molecule has 6 nitrogen and oxygen atoms in total. The monoisotopic (exact) mass is 596 g/mol. The zero-order valence-corrected chi connectivity index (χ0v) is 19.8. The second-order valence-electron chi connectivity index (χ2n) is 7.97. The fourth-order valence-corrected chi connectivity index (χ4v) is 3.91. The van der Waals surface area contributed by atoms with Crippen LogP contribution in [0.5, 0.6) is 0 Å². The van der Waals surface area contributed by atoms with Crippen molar-refractivity contribution in [2.75, 3.05) is 0 Å². The Bertz CT molecular complexity index is 1670. The molecule has 3 heterocycles.